The second kappa shape index (κ2) is 9.97. The van der Waals surface area contributed by atoms with Crippen molar-refractivity contribution >= 4 is 28.7 Å². The van der Waals surface area contributed by atoms with Crippen molar-refractivity contribution in [2.75, 3.05) is 0 Å². The maximum absolute atomic E-state index is 13.7. The van der Waals surface area contributed by atoms with E-state index in [-0.39, 0.29) is 22.6 Å². The van der Waals surface area contributed by atoms with Crippen molar-refractivity contribution < 1.29 is 36.8 Å². The molecule has 4 rings (SSSR count). The normalized spacial score (nSPS) is 11.6. The number of aryl methyl sites for hydroxylation is 1. The first kappa shape index (κ1) is 25.2. The number of carbonyl (C=O) groups is 1. The number of ether oxygens (including phenoxy) is 2. The molecule has 0 N–H and O–H groups in total. The maximum atomic E-state index is 13.7. The lowest BCUT2D eigenvalue weighted by atomic mass is 10.2. The number of hydrogen-bond acceptors (Lipinski definition) is 7. The van der Waals surface area contributed by atoms with Crippen LogP contribution in [0.2, 0.25) is 0 Å². The van der Waals surface area contributed by atoms with Gasteiger partial charge in [0.05, 0.1) is 10.3 Å². The predicted molar refractivity (Wildman–Crippen MR) is 127 cm³/mol. The van der Waals surface area contributed by atoms with Gasteiger partial charge < -0.3 is 13.9 Å². The van der Waals surface area contributed by atoms with Gasteiger partial charge in [0, 0.05) is 24.3 Å². The lowest BCUT2D eigenvalue weighted by molar-refractivity contribution is -0.384. The summed E-state index contributed by atoms with van der Waals surface area (Å²) in [7, 11) is 0. The largest absolute Gasteiger partial charge is 0.453 e. The van der Waals surface area contributed by atoms with E-state index >= 15 is 0 Å². The Hall–Kier alpha value is -4.93. The van der Waals surface area contributed by atoms with Crippen molar-refractivity contribution in [3.63, 3.8) is 0 Å². The summed E-state index contributed by atoms with van der Waals surface area (Å²) in [6.07, 6.45) is -2.80. The number of halogens is 3. The van der Waals surface area contributed by atoms with Crippen LogP contribution in [0.4, 0.5) is 18.9 Å². The van der Waals surface area contributed by atoms with Gasteiger partial charge in [0.15, 0.2) is 0 Å². The van der Waals surface area contributed by atoms with E-state index in [2.05, 4.69) is 0 Å². The number of esters is 1. The summed E-state index contributed by atoms with van der Waals surface area (Å²) in [5.74, 6) is -3.75. The number of carbonyl (C=O) groups excluding carboxylic acids is 1. The second-order valence-electron chi connectivity index (χ2n) is 7.77. The third-order valence-corrected chi connectivity index (χ3v) is 5.03. The molecule has 0 amide bonds. The molecule has 11 heteroatoms. The third kappa shape index (κ3) is 5.84. The van der Waals surface area contributed by atoms with Gasteiger partial charge in [-0.05, 0) is 42.8 Å². The number of non-ortho nitro benzene ring substituents is 1. The molecule has 3 aromatic carbocycles. The summed E-state index contributed by atoms with van der Waals surface area (Å²) in [5, 5.41) is 10.6. The molecule has 0 saturated carbocycles. The SMILES string of the molecule is Cc1ccc(Oc2c(C(F)(F)F)oc3cc(OC(=O)/C=C/c4cccc([N+](=O)[O-])c4)ccc3c2=O)cc1. The molecule has 0 aliphatic heterocycles. The van der Waals surface area contributed by atoms with Gasteiger partial charge >= 0.3 is 12.1 Å². The van der Waals surface area contributed by atoms with Crippen LogP contribution in [-0.2, 0) is 11.0 Å². The summed E-state index contributed by atoms with van der Waals surface area (Å²) >= 11 is 0. The van der Waals surface area contributed by atoms with Crippen molar-refractivity contribution in [1.29, 1.82) is 0 Å². The van der Waals surface area contributed by atoms with Crippen LogP contribution in [0, 0.1) is 17.0 Å². The summed E-state index contributed by atoms with van der Waals surface area (Å²) < 4.78 is 56.5. The van der Waals surface area contributed by atoms with E-state index in [0.29, 0.717) is 5.56 Å². The summed E-state index contributed by atoms with van der Waals surface area (Å²) in [5.41, 5.74) is -0.507. The van der Waals surface area contributed by atoms with Crippen LogP contribution in [-0.4, -0.2) is 10.9 Å². The van der Waals surface area contributed by atoms with Crippen LogP contribution in [0.3, 0.4) is 0 Å². The number of alkyl halides is 3. The molecule has 1 heterocycles. The minimum absolute atomic E-state index is 0.0174. The molecule has 0 spiro atoms. The highest BCUT2D eigenvalue weighted by Crippen LogP contribution is 2.38. The Bertz CT molecular complexity index is 1590. The highest BCUT2D eigenvalue weighted by Gasteiger charge is 2.40. The number of rotatable bonds is 6. The molecular weight excluding hydrogens is 495 g/mol. The van der Waals surface area contributed by atoms with Crippen LogP contribution in [0.15, 0.2) is 82.0 Å². The molecule has 188 valence electrons. The van der Waals surface area contributed by atoms with Gasteiger partial charge in [-0.3, -0.25) is 14.9 Å². The van der Waals surface area contributed by atoms with E-state index in [1.165, 1.54) is 48.5 Å². The predicted octanol–water partition coefficient (Wildman–Crippen LogP) is 6.44. The van der Waals surface area contributed by atoms with Crippen LogP contribution < -0.4 is 14.9 Å². The first-order valence-electron chi connectivity index (χ1n) is 10.6. The van der Waals surface area contributed by atoms with Crippen molar-refractivity contribution in [3.8, 4) is 17.2 Å². The Morgan fingerprint density at radius 3 is 2.41 bits per heavy atom. The van der Waals surface area contributed by atoms with Gasteiger partial charge in [-0.2, -0.15) is 13.2 Å². The molecule has 8 nitrogen and oxygen atoms in total. The number of nitro groups is 1. The van der Waals surface area contributed by atoms with Crippen molar-refractivity contribution in [3.05, 3.63) is 110 Å². The van der Waals surface area contributed by atoms with E-state index in [0.717, 1.165) is 23.8 Å². The summed E-state index contributed by atoms with van der Waals surface area (Å²) in [4.78, 5) is 35.3. The fourth-order valence-corrected chi connectivity index (χ4v) is 3.28. The molecule has 4 aromatic rings. The number of hydrogen-bond donors (Lipinski definition) is 0. The molecule has 0 aliphatic carbocycles. The second-order valence-corrected chi connectivity index (χ2v) is 7.77. The van der Waals surface area contributed by atoms with E-state index < -0.39 is 39.6 Å². The molecule has 0 fully saturated rings. The average molecular weight is 511 g/mol. The van der Waals surface area contributed by atoms with Gasteiger partial charge in [-0.1, -0.05) is 29.8 Å². The molecule has 0 saturated heterocycles. The standard InChI is InChI=1S/C26H16F3NO7/c1-15-5-8-18(9-6-15)36-24-23(32)20-11-10-19(14-21(20)37-25(24)26(27,28)29)35-22(31)12-7-16-3-2-4-17(13-16)30(33)34/h2-14H,1H3/b12-7+. The molecule has 0 radical (unpaired) electrons. The highest BCUT2D eigenvalue weighted by molar-refractivity contribution is 5.89. The Balaban J connectivity index is 1.63. The Labute approximate surface area is 206 Å². The van der Waals surface area contributed by atoms with Gasteiger partial charge in [0.1, 0.15) is 17.1 Å². The van der Waals surface area contributed by atoms with Gasteiger partial charge in [0.2, 0.25) is 11.2 Å². The van der Waals surface area contributed by atoms with Crippen molar-refractivity contribution in [2.45, 2.75) is 13.1 Å². The van der Waals surface area contributed by atoms with Gasteiger partial charge in [-0.15, -0.1) is 0 Å². The number of nitro benzene ring substituents is 1. The first-order chi connectivity index (χ1) is 17.5. The molecule has 37 heavy (non-hydrogen) atoms. The smallest absolute Gasteiger partial charge is 0.449 e. The zero-order valence-corrected chi connectivity index (χ0v) is 18.9. The molecule has 0 aliphatic rings. The number of fused-ring (bicyclic) bond motifs is 1. The monoisotopic (exact) mass is 511 g/mol. The minimum atomic E-state index is -5.05. The molecular formula is C26H16F3NO7. The van der Waals surface area contributed by atoms with E-state index in [1.54, 1.807) is 19.1 Å². The van der Waals surface area contributed by atoms with E-state index in [4.69, 9.17) is 13.9 Å². The summed E-state index contributed by atoms with van der Waals surface area (Å²) in [6.45, 7) is 1.78. The number of benzene rings is 3. The Morgan fingerprint density at radius 1 is 1.03 bits per heavy atom. The Morgan fingerprint density at radius 2 is 1.73 bits per heavy atom. The zero-order valence-electron chi connectivity index (χ0n) is 18.9. The summed E-state index contributed by atoms with van der Waals surface area (Å²) in [6, 6.07) is 14.9. The quantitative estimate of drug-likeness (QED) is 0.0963. The van der Waals surface area contributed by atoms with Crippen LogP contribution in [0.1, 0.15) is 16.9 Å². The van der Waals surface area contributed by atoms with Gasteiger partial charge in [-0.25, -0.2) is 4.79 Å². The Kier molecular flexibility index (Phi) is 6.79. The molecule has 0 bridgehead atoms. The highest BCUT2D eigenvalue weighted by atomic mass is 19.4. The minimum Gasteiger partial charge on any atom is -0.449 e. The molecule has 1 aromatic heterocycles. The average Bonchev–Trinajstić information content (AvgIpc) is 2.85. The molecule has 0 unspecified atom stereocenters. The van der Waals surface area contributed by atoms with Crippen LogP contribution >= 0.6 is 0 Å². The lowest BCUT2D eigenvalue weighted by Crippen LogP contribution is -2.15. The van der Waals surface area contributed by atoms with Crippen molar-refractivity contribution in [1.82, 2.24) is 0 Å². The van der Waals surface area contributed by atoms with Crippen LogP contribution in [0.25, 0.3) is 17.0 Å². The topological polar surface area (TPSA) is 109 Å². The van der Waals surface area contributed by atoms with Crippen LogP contribution in [0.5, 0.6) is 17.2 Å². The van der Waals surface area contributed by atoms with Crippen molar-refractivity contribution in [2.24, 2.45) is 0 Å². The zero-order chi connectivity index (χ0) is 26.7. The number of nitrogens with zero attached hydrogens (tertiary/aromatic N) is 1. The lowest BCUT2D eigenvalue weighted by Gasteiger charge is -2.13. The maximum Gasteiger partial charge on any atom is 0.453 e. The first-order valence-corrected chi connectivity index (χ1v) is 10.6. The van der Waals surface area contributed by atoms with E-state index in [1.807, 2.05) is 0 Å². The van der Waals surface area contributed by atoms with Gasteiger partial charge in [0.25, 0.3) is 11.4 Å². The fraction of sp³-hybridized carbons (Fsp3) is 0.0769. The molecule has 0 atom stereocenters. The third-order valence-electron chi connectivity index (χ3n) is 5.03. The van der Waals surface area contributed by atoms with E-state index in [9.17, 15) is 32.9 Å². The fourth-order valence-electron chi connectivity index (χ4n) is 3.28.